The van der Waals surface area contributed by atoms with Gasteiger partial charge in [0, 0.05) is 4.83 Å². The van der Waals surface area contributed by atoms with Crippen molar-refractivity contribution in [2.75, 3.05) is 0 Å². The summed E-state index contributed by atoms with van der Waals surface area (Å²) >= 11 is 3.44. The molecule has 13 heavy (non-hydrogen) atoms. The van der Waals surface area contributed by atoms with Gasteiger partial charge in [0.05, 0.1) is 6.42 Å². The average Bonchev–Trinajstić information content (AvgIpc) is 2.03. The van der Waals surface area contributed by atoms with Crippen molar-refractivity contribution in [2.45, 2.75) is 18.2 Å². The molecule has 0 heterocycles. The average molecular weight is 243 g/mol. The summed E-state index contributed by atoms with van der Waals surface area (Å²) in [6.07, 6.45) is 0.0908. The molecule has 1 unspecified atom stereocenters. The van der Waals surface area contributed by atoms with Crippen LogP contribution in [0.2, 0.25) is 0 Å². The molecule has 0 bridgehead atoms. The van der Waals surface area contributed by atoms with Crippen LogP contribution in [0.4, 0.5) is 0 Å². The van der Waals surface area contributed by atoms with Gasteiger partial charge >= 0.3 is 5.97 Å². The number of carbonyl (C=O) groups is 1. The summed E-state index contributed by atoms with van der Waals surface area (Å²) in [4.78, 5) is 10.7. The summed E-state index contributed by atoms with van der Waals surface area (Å²) in [5.74, 6) is -0.792. The second kappa shape index (κ2) is 4.42. The first kappa shape index (κ1) is 10.3. The van der Waals surface area contributed by atoms with Crippen LogP contribution in [0.15, 0.2) is 24.3 Å². The summed E-state index contributed by atoms with van der Waals surface area (Å²) in [7, 11) is 0. The van der Waals surface area contributed by atoms with Crippen molar-refractivity contribution in [3.05, 3.63) is 35.4 Å². The van der Waals surface area contributed by atoms with Gasteiger partial charge in [0.2, 0.25) is 0 Å². The van der Waals surface area contributed by atoms with Gasteiger partial charge in [-0.2, -0.15) is 0 Å². The zero-order chi connectivity index (χ0) is 9.84. The molecule has 1 aromatic rings. The van der Waals surface area contributed by atoms with Gasteiger partial charge in [-0.25, -0.2) is 0 Å². The summed E-state index contributed by atoms with van der Waals surface area (Å²) < 4.78 is 0. The second-order valence-electron chi connectivity index (χ2n) is 2.93. The van der Waals surface area contributed by atoms with E-state index in [-0.39, 0.29) is 11.2 Å². The predicted octanol–water partition coefficient (Wildman–Crippen LogP) is 2.77. The van der Waals surface area contributed by atoms with E-state index in [9.17, 15) is 4.79 Å². The minimum absolute atomic E-state index is 0.0908. The Bertz CT molecular complexity index is 308. The quantitative estimate of drug-likeness (QED) is 0.829. The molecular weight excluding hydrogens is 232 g/mol. The molecule has 2 nitrogen and oxygen atoms in total. The van der Waals surface area contributed by atoms with Crippen LogP contribution >= 0.6 is 15.9 Å². The lowest BCUT2D eigenvalue weighted by atomic mass is 10.1. The Morgan fingerprint density at radius 3 is 2.85 bits per heavy atom. The third-order valence-electron chi connectivity index (χ3n) is 1.77. The van der Waals surface area contributed by atoms with E-state index >= 15 is 0 Å². The van der Waals surface area contributed by atoms with Gasteiger partial charge < -0.3 is 5.11 Å². The first-order chi connectivity index (χ1) is 6.09. The van der Waals surface area contributed by atoms with Gasteiger partial charge in [0.1, 0.15) is 0 Å². The van der Waals surface area contributed by atoms with E-state index in [4.69, 9.17) is 5.11 Å². The van der Waals surface area contributed by atoms with Gasteiger partial charge in [-0.1, -0.05) is 40.2 Å². The minimum Gasteiger partial charge on any atom is -0.481 e. The molecule has 1 atom stereocenters. The molecule has 1 N–H and O–H groups in total. The molecule has 70 valence electrons. The van der Waals surface area contributed by atoms with Crippen LogP contribution in [0.3, 0.4) is 0 Å². The van der Waals surface area contributed by atoms with Crippen molar-refractivity contribution < 1.29 is 9.90 Å². The predicted molar refractivity (Wildman–Crippen MR) is 55.1 cm³/mol. The zero-order valence-corrected chi connectivity index (χ0v) is 8.91. The molecule has 0 aliphatic carbocycles. The molecule has 0 spiro atoms. The van der Waals surface area contributed by atoms with Crippen LogP contribution in [0.5, 0.6) is 0 Å². The van der Waals surface area contributed by atoms with Gasteiger partial charge in [-0.05, 0) is 18.1 Å². The number of carboxylic acid groups (broad SMARTS) is 1. The van der Waals surface area contributed by atoms with Crippen LogP contribution in [0, 0.1) is 0 Å². The Morgan fingerprint density at radius 1 is 1.62 bits per heavy atom. The summed E-state index contributed by atoms with van der Waals surface area (Å²) in [5.41, 5.74) is 1.95. The topological polar surface area (TPSA) is 37.3 Å². The molecule has 1 rings (SSSR count). The smallest absolute Gasteiger partial charge is 0.307 e. The SMILES string of the molecule is CC(Br)c1cccc(CC(=O)O)c1. The monoisotopic (exact) mass is 242 g/mol. The Balaban J connectivity index is 2.85. The molecule has 0 fully saturated rings. The van der Waals surface area contributed by atoms with Gasteiger partial charge in [0.15, 0.2) is 0 Å². The molecule has 0 aromatic heterocycles. The van der Waals surface area contributed by atoms with Crippen molar-refractivity contribution in [1.82, 2.24) is 0 Å². The van der Waals surface area contributed by atoms with E-state index in [0.717, 1.165) is 11.1 Å². The molecule has 0 aliphatic heterocycles. The highest BCUT2D eigenvalue weighted by Gasteiger charge is 2.03. The number of halogens is 1. The van der Waals surface area contributed by atoms with E-state index < -0.39 is 5.97 Å². The fraction of sp³-hybridized carbons (Fsp3) is 0.300. The Labute approximate surface area is 85.7 Å². The molecule has 0 saturated carbocycles. The number of hydrogen-bond acceptors (Lipinski definition) is 1. The summed E-state index contributed by atoms with van der Waals surface area (Å²) in [5, 5.41) is 8.58. The van der Waals surface area contributed by atoms with Crippen LogP contribution in [-0.4, -0.2) is 11.1 Å². The maximum Gasteiger partial charge on any atom is 0.307 e. The van der Waals surface area contributed by atoms with Crippen LogP contribution in [0.1, 0.15) is 22.9 Å². The highest BCUT2D eigenvalue weighted by atomic mass is 79.9. The van der Waals surface area contributed by atoms with E-state index in [2.05, 4.69) is 15.9 Å². The lowest BCUT2D eigenvalue weighted by Gasteiger charge is -2.04. The molecule has 1 aromatic carbocycles. The number of benzene rings is 1. The third kappa shape index (κ3) is 3.19. The maximum atomic E-state index is 10.4. The lowest BCUT2D eigenvalue weighted by Crippen LogP contribution is -2.00. The first-order valence-electron chi connectivity index (χ1n) is 4.04. The molecular formula is C10H11BrO2. The van der Waals surface area contributed by atoms with Gasteiger partial charge in [0.25, 0.3) is 0 Å². The molecule has 3 heteroatoms. The Hall–Kier alpha value is -0.830. The van der Waals surface area contributed by atoms with Crippen LogP contribution in [0.25, 0.3) is 0 Å². The van der Waals surface area contributed by atoms with Crippen molar-refractivity contribution >= 4 is 21.9 Å². The molecule has 0 amide bonds. The molecule has 0 aliphatic rings. The highest BCUT2D eigenvalue weighted by Crippen LogP contribution is 2.22. The first-order valence-corrected chi connectivity index (χ1v) is 4.96. The van der Waals surface area contributed by atoms with E-state index in [0.29, 0.717) is 0 Å². The standard InChI is InChI=1S/C10H11BrO2/c1-7(11)9-4-2-3-8(5-9)6-10(12)13/h2-5,7H,6H2,1H3,(H,12,13). The largest absolute Gasteiger partial charge is 0.481 e. The normalized spacial score (nSPS) is 12.5. The minimum atomic E-state index is -0.792. The Kier molecular flexibility index (Phi) is 3.48. The van der Waals surface area contributed by atoms with Gasteiger partial charge in [-0.3, -0.25) is 4.79 Å². The number of carboxylic acids is 1. The second-order valence-corrected chi connectivity index (χ2v) is 4.31. The van der Waals surface area contributed by atoms with Crippen molar-refractivity contribution in [1.29, 1.82) is 0 Å². The van der Waals surface area contributed by atoms with Crippen molar-refractivity contribution in [3.8, 4) is 0 Å². The van der Waals surface area contributed by atoms with Crippen LogP contribution < -0.4 is 0 Å². The number of aliphatic carboxylic acids is 1. The van der Waals surface area contributed by atoms with E-state index in [1.165, 1.54) is 0 Å². The van der Waals surface area contributed by atoms with Crippen LogP contribution in [-0.2, 0) is 11.2 Å². The van der Waals surface area contributed by atoms with Gasteiger partial charge in [-0.15, -0.1) is 0 Å². The molecule has 0 saturated heterocycles. The fourth-order valence-electron chi connectivity index (χ4n) is 1.13. The number of rotatable bonds is 3. The zero-order valence-electron chi connectivity index (χ0n) is 7.33. The maximum absolute atomic E-state index is 10.4. The van der Waals surface area contributed by atoms with Crippen molar-refractivity contribution in [2.24, 2.45) is 0 Å². The third-order valence-corrected chi connectivity index (χ3v) is 2.29. The number of alkyl halides is 1. The fourth-order valence-corrected chi connectivity index (χ4v) is 1.41. The summed E-state index contributed by atoms with van der Waals surface area (Å²) in [6, 6.07) is 7.59. The van der Waals surface area contributed by atoms with Crippen molar-refractivity contribution in [3.63, 3.8) is 0 Å². The lowest BCUT2D eigenvalue weighted by molar-refractivity contribution is -0.136. The summed E-state index contributed by atoms with van der Waals surface area (Å²) in [6.45, 7) is 2.01. The number of hydrogen-bond donors (Lipinski definition) is 1. The Morgan fingerprint density at radius 2 is 2.31 bits per heavy atom. The molecule has 0 radical (unpaired) electrons. The van der Waals surface area contributed by atoms with E-state index in [1.807, 2.05) is 31.2 Å². The highest BCUT2D eigenvalue weighted by molar-refractivity contribution is 9.09. The van der Waals surface area contributed by atoms with E-state index in [1.54, 1.807) is 0 Å².